The van der Waals surface area contributed by atoms with Crippen LogP contribution in [0.1, 0.15) is 41.0 Å². The zero-order chi connectivity index (χ0) is 12.3. The lowest BCUT2D eigenvalue weighted by Crippen LogP contribution is -2.20. The highest BCUT2D eigenvalue weighted by Gasteiger charge is 1.94. The van der Waals surface area contributed by atoms with Gasteiger partial charge in [-0.3, -0.25) is 0 Å². The van der Waals surface area contributed by atoms with Crippen molar-refractivity contribution in [2.24, 2.45) is 5.92 Å². The van der Waals surface area contributed by atoms with Gasteiger partial charge in [0, 0.05) is 11.7 Å². The molecule has 88 valence electrons. The molecule has 0 saturated heterocycles. The van der Waals surface area contributed by atoms with E-state index in [9.17, 15) is 0 Å². The van der Waals surface area contributed by atoms with Crippen molar-refractivity contribution in [3.05, 3.63) is 37.1 Å². The van der Waals surface area contributed by atoms with Crippen LogP contribution in [0.15, 0.2) is 37.1 Å². The summed E-state index contributed by atoms with van der Waals surface area (Å²) in [4.78, 5) is 0. The lowest BCUT2D eigenvalue weighted by Gasteiger charge is -2.11. The van der Waals surface area contributed by atoms with E-state index in [1.165, 1.54) is 5.70 Å². The molecule has 0 saturated carbocycles. The minimum atomic E-state index is 0.509. The minimum absolute atomic E-state index is 0.509. The van der Waals surface area contributed by atoms with Gasteiger partial charge in [0.1, 0.15) is 0 Å². The Hall–Kier alpha value is -0.980. The lowest BCUT2D eigenvalue weighted by atomic mass is 10.2. The smallest absolute Gasteiger partial charge is 0.0298 e. The molecule has 0 aliphatic heterocycles. The van der Waals surface area contributed by atoms with Gasteiger partial charge in [0.25, 0.3) is 0 Å². The first-order valence-corrected chi connectivity index (χ1v) is 5.71. The normalized spacial score (nSPS) is 11.8. The third-order valence-corrected chi connectivity index (χ3v) is 1.54. The molecule has 1 nitrogen and oxygen atoms in total. The third-order valence-electron chi connectivity index (χ3n) is 1.54. The SMILES string of the molecule is C=C.CC/C=C(\C=C/C(C)C)NC(C)C. The van der Waals surface area contributed by atoms with E-state index in [0.29, 0.717) is 12.0 Å². The van der Waals surface area contributed by atoms with Crippen molar-refractivity contribution in [3.8, 4) is 0 Å². The molecule has 1 N–H and O–H groups in total. The first-order valence-electron chi connectivity index (χ1n) is 5.71. The van der Waals surface area contributed by atoms with Crippen LogP contribution in [0.5, 0.6) is 0 Å². The van der Waals surface area contributed by atoms with Gasteiger partial charge in [0.2, 0.25) is 0 Å². The van der Waals surface area contributed by atoms with Gasteiger partial charge in [0.05, 0.1) is 0 Å². The molecule has 0 heterocycles. The van der Waals surface area contributed by atoms with Crippen LogP contribution in [0.2, 0.25) is 0 Å². The van der Waals surface area contributed by atoms with E-state index < -0.39 is 0 Å². The van der Waals surface area contributed by atoms with Gasteiger partial charge >= 0.3 is 0 Å². The molecular weight excluding hydrogens is 182 g/mol. The molecule has 0 aromatic rings. The van der Waals surface area contributed by atoms with Gasteiger partial charge in [-0.25, -0.2) is 0 Å². The van der Waals surface area contributed by atoms with Crippen molar-refractivity contribution in [2.45, 2.75) is 47.1 Å². The Bertz CT molecular complexity index is 188. The van der Waals surface area contributed by atoms with Gasteiger partial charge in [-0.05, 0) is 32.3 Å². The Balaban J connectivity index is 0. The fraction of sp³-hybridized carbons (Fsp3) is 0.571. The molecule has 0 amide bonds. The number of allylic oxidation sites excluding steroid dienone is 3. The Kier molecular flexibility index (Phi) is 12.2. The van der Waals surface area contributed by atoms with Crippen LogP contribution in [-0.2, 0) is 0 Å². The van der Waals surface area contributed by atoms with Crippen LogP contribution in [0, 0.1) is 5.92 Å². The summed E-state index contributed by atoms with van der Waals surface area (Å²) in [5.74, 6) is 0.620. The summed E-state index contributed by atoms with van der Waals surface area (Å²) in [5, 5.41) is 3.41. The zero-order valence-electron chi connectivity index (χ0n) is 11.0. The molecule has 0 unspecified atom stereocenters. The van der Waals surface area contributed by atoms with Crippen molar-refractivity contribution < 1.29 is 0 Å². The lowest BCUT2D eigenvalue weighted by molar-refractivity contribution is 0.677. The Morgan fingerprint density at radius 2 is 1.73 bits per heavy atom. The van der Waals surface area contributed by atoms with E-state index in [2.05, 4.69) is 71.3 Å². The molecule has 0 rings (SSSR count). The second-order valence-corrected chi connectivity index (χ2v) is 3.97. The van der Waals surface area contributed by atoms with Crippen molar-refractivity contribution in [1.82, 2.24) is 5.32 Å². The van der Waals surface area contributed by atoms with Gasteiger partial charge in [-0.1, -0.05) is 32.9 Å². The van der Waals surface area contributed by atoms with E-state index >= 15 is 0 Å². The largest absolute Gasteiger partial charge is 0.383 e. The maximum atomic E-state index is 3.41. The number of hydrogen-bond donors (Lipinski definition) is 1. The second kappa shape index (κ2) is 11.1. The van der Waals surface area contributed by atoms with Crippen LogP contribution in [0.3, 0.4) is 0 Å². The second-order valence-electron chi connectivity index (χ2n) is 3.97. The molecule has 1 heteroatoms. The van der Waals surface area contributed by atoms with Crippen molar-refractivity contribution in [1.29, 1.82) is 0 Å². The zero-order valence-corrected chi connectivity index (χ0v) is 11.0. The van der Waals surface area contributed by atoms with Crippen LogP contribution in [0.25, 0.3) is 0 Å². The molecule has 15 heavy (non-hydrogen) atoms. The highest BCUT2D eigenvalue weighted by atomic mass is 14.9. The summed E-state index contributed by atoms with van der Waals surface area (Å²) in [5.41, 5.74) is 1.24. The highest BCUT2D eigenvalue weighted by Crippen LogP contribution is 2.01. The van der Waals surface area contributed by atoms with E-state index in [-0.39, 0.29) is 0 Å². The van der Waals surface area contributed by atoms with Crippen LogP contribution >= 0.6 is 0 Å². The van der Waals surface area contributed by atoms with Gasteiger partial charge in [-0.15, -0.1) is 13.2 Å². The first-order chi connectivity index (χ1) is 7.06. The molecule has 0 aromatic heterocycles. The Morgan fingerprint density at radius 3 is 2.07 bits per heavy atom. The maximum Gasteiger partial charge on any atom is 0.0298 e. The summed E-state index contributed by atoms with van der Waals surface area (Å²) in [6.45, 7) is 16.9. The Labute approximate surface area is 96.0 Å². The molecular formula is C14H27N. The molecule has 0 bridgehead atoms. The Morgan fingerprint density at radius 1 is 1.20 bits per heavy atom. The fourth-order valence-corrected chi connectivity index (χ4v) is 1.02. The molecule has 0 radical (unpaired) electrons. The summed E-state index contributed by atoms with van der Waals surface area (Å²) < 4.78 is 0. The van der Waals surface area contributed by atoms with Crippen LogP contribution < -0.4 is 5.32 Å². The fourth-order valence-electron chi connectivity index (χ4n) is 1.02. The number of nitrogens with one attached hydrogen (secondary N) is 1. The predicted molar refractivity (Wildman–Crippen MR) is 71.9 cm³/mol. The first kappa shape index (κ1) is 16.4. The summed E-state index contributed by atoms with van der Waals surface area (Å²) in [7, 11) is 0. The molecule has 0 aliphatic rings. The van der Waals surface area contributed by atoms with Crippen molar-refractivity contribution in [3.63, 3.8) is 0 Å². The van der Waals surface area contributed by atoms with Crippen LogP contribution in [-0.4, -0.2) is 6.04 Å². The molecule has 0 fully saturated rings. The molecule has 0 aromatic carbocycles. The predicted octanol–water partition coefficient (Wildman–Crippen LogP) is 4.29. The molecule has 0 atom stereocenters. The van der Waals surface area contributed by atoms with Gasteiger partial charge in [0.15, 0.2) is 0 Å². The highest BCUT2D eigenvalue weighted by molar-refractivity contribution is 5.17. The quantitative estimate of drug-likeness (QED) is 0.526. The number of hydrogen-bond acceptors (Lipinski definition) is 1. The third kappa shape index (κ3) is 13.0. The van der Waals surface area contributed by atoms with Gasteiger partial charge < -0.3 is 5.32 Å². The standard InChI is InChI=1S/C12H23N.C2H4/c1-6-7-12(13-11(4)5)9-8-10(2)3;1-2/h7-11,13H,6H2,1-5H3;1-2H2/b9-8-,12-7+;. The van der Waals surface area contributed by atoms with E-state index in [0.717, 1.165) is 6.42 Å². The summed E-state index contributed by atoms with van der Waals surface area (Å²) in [6.07, 6.45) is 7.70. The summed E-state index contributed by atoms with van der Waals surface area (Å²) >= 11 is 0. The average molecular weight is 209 g/mol. The topological polar surface area (TPSA) is 12.0 Å². The van der Waals surface area contributed by atoms with Crippen molar-refractivity contribution >= 4 is 0 Å². The van der Waals surface area contributed by atoms with Crippen molar-refractivity contribution in [2.75, 3.05) is 0 Å². The van der Waals surface area contributed by atoms with E-state index in [1.54, 1.807) is 0 Å². The molecule has 0 aliphatic carbocycles. The maximum absolute atomic E-state index is 3.41. The monoisotopic (exact) mass is 209 g/mol. The number of rotatable bonds is 5. The van der Waals surface area contributed by atoms with Gasteiger partial charge in [-0.2, -0.15) is 0 Å². The summed E-state index contributed by atoms with van der Waals surface area (Å²) in [6, 6.07) is 0.509. The van der Waals surface area contributed by atoms with E-state index in [1.807, 2.05) is 0 Å². The van der Waals surface area contributed by atoms with E-state index in [4.69, 9.17) is 0 Å². The van der Waals surface area contributed by atoms with Crippen LogP contribution in [0.4, 0.5) is 0 Å². The average Bonchev–Trinajstić information content (AvgIpc) is 2.17. The minimum Gasteiger partial charge on any atom is -0.383 e. The molecule has 0 spiro atoms.